The molecule has 12 atom stereocenters. The minimum absolute atomic E-state index is 0.0430. The average molecular weight is 1170 g/mol. The lowest BCUT2D eigenvalue weighted by molar-refractivity contribution is -0.218. The largest absolute Gasteiger partial charge is 0.469 e. The first kappa shape index (κ1) is 62.1. The van der Waals surface area contributed by atoms with Gasteiger partial charge in [0.2, 0.25) is 0 Å². The van der Waals surface area contributed by atoms with Crippen LogP contribution in [0.15, 0.2) is 182 Å². The van der Waals surface area contributed by atoms with E-state index in [9.17, 15) is 24.0 Å². The quantitative estimate of drug-likeness (QED) is 0.0167. The molecule has 3 heterocycles. The number of benzene rings is 6. The summed E-state index contributed by atoms with van der Waals surface area (Å²) in [7, 11) is 1.39. The number of hydrogen-bond donors (Lipinski definition) is 0. The summed E-state index contributed by atoms with van der Waals surface area (Å²) in [6, 6.07) is 53.6. The molecule has 3 aliphatic heterocycles. The highest BCUT2D eigenvalue weighted by Gasteiger charge is 2.54. The predicted octanol–water partition coefficient (Wildman–Crippen LogP) is 9.75. The van der Waals surface area contributed by atoms with Crippen molar-refractivity contribution in [2.75, 3.05) is 26.9 Å². The number of ether oxygens (including phenoxy) is 13. The van der Waals surface area contributed by atoms with Crippen molar-refractivity contribution in [1.82, 2.24) is 0 Å². The topological polar surface area (TPSA) is 205 Å². The van der Waals surface area contributed by atoms with Crippen molar-refractivity contribution in [2.24, 2.45) is 0 Å². The molecule has 0 radical (unpaired) electrons. The van der Waals surface area contributed by atoms with Crippen LogP contribution >= 0.6 is 0 Å². The minimum Gasteiger partial charge on any atom is -0.469 e. The minimum atomic E-state index is -1.37. The summed E-state index contributed by atoms with van der Waals surface area (Å²) < 4.78 is 82.4. The molecule has 6 aromatic carbocycles. The number of aldehydes is 1. The van der Waals surface area contributed by atoms with Crippen LogP contribution in [0.1, 0.15) is 92.7 Å². The molecule has 0 amide bonds. The smallest absolute Gasteiger partial charge is 0.338 e. The second kappa shape index (κ2) is 32.7. The molecular weight excluding hydrogens is 1090 g/mol. The molecule has 3 fully saturated rings. The zero-order valence-corrected chi connectivity index (χ0v) is 47.4. The van der Waals surface area contributed by atoms with E-state index in [1.54, 1.807) is 91.0 Å². The average Bonchev–Trinajstić information content (AvgIpc) is 3.35. The fourth-order valence-corrected chi connectivity index (χ4v) is 10.1. The Bertz CT molecular complexity index is 2960. The standard InChI is InChI=1S/C67H72O18/c1-73-55(69)38-24-4-2-3-5-25-39-74-65-60(84-63(71)50-34-20-10-21-35-50)57(76-42-47-28-14-7-15-29-47)53(81-65)44-79-67-61(85-64(72)51-36-22-11-23-37-51)58(77-43-48-30-16-8-17-31-48)54(82-67)45-78-66-59(83-62(70)49-32-18-9-19-33-49)56(52(40-68)80-66)75-41-46-26-12-6-13-27-46/h6-23,26-37,40,52-54,56-61,65-67H,2-5,24-25,38-39,41-45H2,1H3/t52-,53-,54-,56-,57-,58-,59+,60+,61+,65+,66+,67+/m1/s1. The monoisotopic (exact) mass is 1160 g/mol. The lowest BCUT2D eigenvalue weighted by atomic mass is 10.1. The van der Waals surface area contributed by atoms with Gasteiger partial charge in [0, 0.05) is 13.0 Å². The van der Waals surface area contributed by atoms with Crippen LogP contribution in [-0.4, -0.2) is 131 Å². The van der Waals surface area contributed by atoms with Crippen molar-refractivity contribution in [1.29, 1.82) is 0 Å². The molecule has 448 valence electrons. The van der Waals surface area contributed by atoms with Gasteiger partial charge in [0.25, 0.3) is 0 Å². The molecule has 3 aliphatic rings. The second-order valence-electron chi connectivity index (χ2n) is 20.7. The van der Waals surface area contributed by atoms with Crippen molar-refractivity contribution in [3.63, 3.8) is 0 Å². The third kappa shape index (κ3) is 18.0. The molecule has 9 rings (SSSR count). The van der Waals surface area contributed by atoms with E-state index in [1.807, 2.05) is 91.0 Å². The highest BCUT2D eigenvalue weighted by molar-refractivity contribution is 5.90. The Labute approximate surface area is 494 Å². The van der Waals surface area contributed by atoms with Crippen molar-refractivity contribution >= 4 is 30.2 Å². The van der Waals surface area contributed by atoms with Gasteiger partial charge in [-0.1, -0.05) is 171 Å². The Morgan fingerprint density at radius 1 is 0.388 bits per heavy atom. The van der Waals surface area contributed by atoms with Gasteiger partial charge in [-0.05, 0) is 65.9 Å². The Kier molecular flexibility index (Phi) is 23.9. The number of esters is 4. The van der Waals surface area contributed by atoms with Gasteiger partial charge in [0.1, 0.15) is 36.6 Å². The fraction of sp³-hybridized carbons (Fsp3) is 0.388. The fourth-order valence-electron chi connectivity index (χ4n) is 10.1. The number of unbranched alkanes of at least 4 members (excludes halogenated alkanes) is 5. The molecule has 18 nitrogen and oxygen atoms in total. The molecule has 0 N–H and O–H groups in total. The van der Waals surface area contributed by atoms with Crippen molar-refractivity contribution in [3.05, 3.63) is 215 Å². The summed E-state index contributed by atoms with van der Waals surface area (Å²) >= 11 is 0. The normalized spacial score (nSPS) is 24.3. The molecule has 3 saturated heterocycles. The summed E-state index contributed by atoms with van der Waals surface area (Å²) in [6.45, 7) is -0.120. The van der Waals surface area contributed by atoms with E-state index < -0.39 is 91.7 Å². The van der Waals surface area contributed by atoms with Crippen LogP contribution in [0.4, 0.5) is 0 Å². The Morgan fingerprint density at radius 3 is 1.13 bits per heavy atom. The van der Waals surface area contributed by atoms with Crippen molar-refractivity contribution in [3.8, 4) is 0 Å². The summed E-state index contributed by atoms with van der Waals surface area (Å²) in [5, 5.41) is 0. The number of methoxy groups -OCH3 is 1. The third-order valence-electron chi connectivity index (χ3n) is 14.6. The predicted molar refractivity (Wildman–Crippen MR) is 306 cm³/mol. The highest BCUT2D eigenvalue weighted by Crippen LogP contribution is 2.36. The van der Waals surface area contributed by atoms with E-state index in [0.29, 0.717) is 24.7 Å². The summed E-state index contributed by atoms with van der Waals surface area (Å²) in [5.41, 5.74) is 3.27. The maximum Gasteiger partial charge on any atom is 0.338 e. The number of rotatable bonds is 32. The van der Waals surface area contributed by atoms with Crippen LogP contribution in [0.3, 0.4) is 0 Å². The van der Waals surface area contributed by atoms with Crippen LogP contribution in [-0.2, 0) is 91.0 Å². The SMILES string of the molecule is COC(=O)CCCCCCCCO[C@H]1O[C@H](CO[C@H]2O[C@H](CO[C@H]3O[C@H](C=O)[C@@H](OCc4ccccc4)[C@@H]3OC(=O)c3ccccc3)[C@@H](OCc3ccccc3)[C@@H]2OC(=O)c2ccccc2)[C@@H](OCc2ccccc2)[C@@H]1OC(=O)c1ccccc1. The van der Waals surface area contributed by atoms with Gasteiger partial charge in [0.05, 0.1) is 56.8 Å². The van der Waals surface area contributed by atoms with Gasteiger partial charge in [-0.2, -0.15) is 0 Å². The van der Waals surface area contributed by atoms with Crippen LogP contribution in [0, 0.1) is 0 Å². The van der Waals surface area contributed by atoms with E-state index in [-0.39, 0.29) is 56.7 Å². The molecule has 0 unspecified atom stereocenters. The van der Waals surface area contributed by atoms with Crippen LogP contribution < -0.4 is 0 Å². The van der Waals surface area contributed by atoms with Crippen LogP contribution in [0.25, 0.3) is 0 Å². The summed E-state index contributed by atoms with van der Waals surface area (Å²) in [5.74, 6) is -2.23. The zero-order valence-electron chi connectivity index (χ0n) is 47.4. The van der Waals surface area contributed by atoms with Crippen molar-refractivity contribution in [2.45, 2.75) is 139 Å². The number of carbonyl (C=O) groups is 5. The van der Waals surface area contributed by atoms with Crippen LogP contribution in [0.5, 0.6) is 0 Å². The second-order valence-corrected chi connectivity index (χ2v) is 20.7. The van der Waals surface area contributed by atoms with Gasteiger partial charge in [0.15, 0.2) is 43.5 Å². The highest BCUT2D eigenvalue weighted by atomic mass is 16.8. The maximum absolute atomic E-state index is 14.2. The lowest BCUT2D eigenvalue weighted by Crippen LogP contribution is -2.44. The molecule has 0 bridgehead atoms. The zero-order chi connectivity index (χ0) is 59.0. The number of hydrogen-bond acceptors (Lipinski definition) is 18. The van der Waals surface area contributed by atoms with Gasteiger partial charge in [-0.3, -0.25) is 4.79 Å². The maximum atomic E-state index is 14.2. The number of carbonyl (C=O) groups excluding carboxylic acids is 5. The van der Waals surface area contributed by atoms with E-state index in [2.05, 4.69) is 0 Å². The molecule has 85 heavy (non-hydrogen) atoms. The molecule has 6 aromatic rings. The Morgan fingerprint density at radius 2 is 0.729 bits per heavy atom. The summed E-state index contributed by atoms with van der Waals surface area (Å²) in [4.78, 5) is 66.3. The van der Waals surface area contributed by atoms with Gasteiger partial charge in [-0.25, -0.2) is 14.4 Å². The molecular formula is C67H72O18. The summed E-state index contributed by atoms with van der Waals surface area (Å²) in [6.07, 6.45) is -7.90. The molecule has 0 aromatic heterocycles. The first-order valence-corrected chi connectivity index (χ1v) is 28.8. The molecule has 0 saturated carbocycles. The van der Waals surface area contributed by atoms with E-state index >= 15 is 0 Å². The van der Waals surface area contributed by atoms with E-state index in [4.69, 9.17) is 61.6 Å². The molecule has 0 aliphatic carbocycles. The van der Waals surface area contributed by atoms with Crippen LogP contribution in [0.2, 0.25) is 0 Å². The Balaban J connectivity index is 0.980. The van der Waals surface area contributed by atoms with Gasteiger partial charge < -0.3 is 66.4 Å². The van der Waals surface area contributed by atoms with E-state index in [1.165, 1.54) is 7.11 Å². The third-order valence-corrected chi connectivity index (χ3v) is 14.6. The van der Waals surface area contributed by atoms with Crippen molar-refractivity contribution < 1.29 is 85.6 Å². The lowest BCUT2D eigenvalue weighted by Gasteiger charge is -2.27. The molecule has 18 heteroatoms. The first-order valence-electron chi connectivity index (χ1n) is 28.8. The molecule has 0 spiro atoms. The van der Waals surface area contributed by atoms with Gasteiger partial charge >= 0.3 is 23.9 Å². The van der Waals surface area contributed by atoms with Gasteiger partial charge in [-0.15, -0.1) is 0 Å². The first-order chi connectivity index (χ1) is 41.7. The Hall–Kier alpha value is -7.49. The van der Waals surface area contributed by atoms with E-state index in [0.717, 1.165) is 48.8 Å².